The molecule has 2 N–H and O–H groups in total. The highest BCUT2D eigenvalue weighted by atomic mass is 35.5. The lowest BCUT2D eigenvalue weighted by Crippen LogP contribution is -2.22. The molecule has 2 aromatic rings. The molecule has 0 fully saturated rings. The fourth-order valence-corrected chi connectivity index (χ4v) is 2.37. The highest BCUT2D eigenvalue weighted by Gasteiger charge is 2.17. The molecule has 1 aromatic carbocycles. The Morgan fingerprint density at radius 2 is 2.26 bits per heavy atom. The molecule has 0 saturated carbocycles. The van der Waals surface area contributed by atoms with Crippen LogP contribution in [0.15, 0.2) is 29.7 Å². The zero-order valence-corrected chi connectivity index (χ0v) is 12.2. The van der Waals surface area contributed by atoms with Gasteiger partial charge in [0.05, 0.1) is 21.0 Å². The minimum absolute atomic E-state index is 0.189. The number of hydrogen-bond acceptors (Lipinski definition) is 4. The van der Waals surface area contributed by atoms with E-state index < -0.39 is 0 Å². The summed E-state index contributed by atoms with van der Waals surface area (Å²) >= 11 is 13.2. The van der Waals surface area contributed by atoms with Gasteiger partial charge in [-0.3, -0.25) is 9.89 Å². The number of carbonyl (C=O) groups excluding carboxylic acids is 1. The number of rotatable bonds is 4. The number of anilines is 1. The number of thioether (sulfide) groups is 1. The Hall–Kier alpha value is -1.24. The number of aromatic amines is 1. The molecule has 100 valence electrons. The van der Waals surface area contributed by atoms with Gasteiger partial charge in [0.2, 0.25) is 5.91 Å². The highest BCUT2D eigenvalue weighted by molar-refractivity contribution is 8.00. The third-order valence-electron chi connectivity index (χ3n) is 2.26. The molecule has 1 amide bonds. The lowest BCUT2D eigenvalue weighted by Gasteiger charge is -2.12. The molecule has 0 bridgehead atoms. The average molecular weight is 317 g/mol. The molecule has 0 aliphatic carbocycles. The van der Waals surface area contributed by atoms with Crippen molar-refractivity contribution in [1.29, 1.82) is 0 Å². The largest absolute Gasteiger partial charge is 0.324 e. The van der Waals surface area contributed by atoms with Crippen molar-refractivity contribution in [2.24, 2.45) is 0 Å². The second-order valence-electron chi connectivity index (χ2n) is 3.64. The molecule has 5 nitrogen and oxygen atoms in total. The van der Waals surface area contributed by atoms with Gasteiger partial charge in [-0.15, -0.1) is 0 Å². The number of amides is 1. The molecule has 0 radical (unpaired) electrons. The van der Waals surface area contributed by atoms with Gasteiger partial charge in [-0.25, -0.2) is 4.98 Å². The molecule has 1 heterocycles. The van der Waals surface area contributed by atoms with Crippen molar-refractivity contribution in [2.45, 2.75) is 17.3 Å². The molecular formula is C11H10Cl2N4OS. The summed E-state index contributed by atoms with van der Waals surface area (Å²) < 4.78 is 0. The summed E-state index contributed by atoms with van der Waals surface area (Å²) in [4.78, 5) is 16.0. The van der Waals surface area contributed by atoms with Gasteiger partial charge in [0.15, 0.2) is 5.16 Å². The maximum absolute atomic E-state index is 12.0. The smallest absolute Gasteiger partial charge is 0.237 e. The predicted molar refractivity (Wildman–Crippen MR) is 76.8 cm³/mol. The minimum Gasteiger partial charge on any atom is -0.324 e. The third-order valence-corrected chi connectivity index (χ3v) is 4.07. The van der Waals surface area contributed by atoms with Crippen LogP contribution in [-0.2, 0) is 4.79 Å². The summed E-state index contributed by atoms with van der Waals surface area (Å²) in [7, 11) is 0. The number of halogens is 2. The van der Waals surface area contributed by atoms with Gasteiger partial charge in [0.1, 0.15) is 6.33 Å². The quantitative estimate of drug-likeness (QED) is 0.849. The van der Waals surface area contributed by atoms with Crippen molar-refractivity contribution in [3.8, 4) is 0 Å². The first-order valence-corrected chi connectivity index (χ1v) is 6.98. The van der Waals surface area contributed by atoms with Crippen LogP contribution in [0.2, 0.25) is 10.0 Å². The lowest BCUT2D eigenvalue weighted by molar-refractivity contribution is -0.115. The Bertz CT molecular complexity index is 576. The summed E-state index contributed by atoms with van der Waals surface area (Å²) in [6.07, 6.45) is 1.39. The number of nitrogens with zero attached hydrogens (tertiary/aromatic N) is 2. The van der Waals surface area contributed by atoms with E-state index in [0.717, 1.165) is 0 Å². The second kappa shape index (κ2) is 6.27. The van der Waals surface area contributed by atoms with Crippen LogP contribution in [0.1, 0.15) is 6.92 Å². The number of H-pyrrole nitrogens is 1. The zero-order valence-electron chi connectivity index (χ0n) is 9.85. The Balaban J connectivity index is 2.02. The molecule has 0 aliphatic heterocycles. The van der Waals surface area contributed by atoms with Crippen molar-refractivity contribution in [2.75, 3.05) is 5.32 Å². The molecule has 19 heavy (non-hydrogen) atoms. The van der Waals surface area contributed by atoms with Crippen molar-refractivity contribution < 1.29 is 4.79 Å². The van der Waals surface area contributed by atoms with E-state index in [2.05, 4.69) is 20.5 Å². The number of aromatic nitrogens is 3. The van der Waals surface area contributed by atoms with Crippen LogP contribution in [0.5, 0.6) is 0 Å². The van der Waals surface area contributed by atoms with Gasteiger partial charge in [-0.1, -0.05) is 41.0 Å². The van der Waals surface area contributed by atoms with Crippen LogP contribution < -0.4 is 5.32 Å². The Kier molecular flexibility index (Phi) is 4.68. The van der Waals surface area contributed by atoms with Crippen LogP contribution in [0, 0.1) is 0 Å². The monoisotopic (exact) mass is 316 g/mol. The van der Waals surface area contributed by atoms with Crippen LogP contribution in [-0.4, -0.2) is 26.3 Å². The van der Waals surface area contributed by atoms with Crippen molar-refractivity contribution in [3.63, 3.8) is 0 Å². The van der Waals surface area contributed by atoms with Gasteiger partial charge in [-0.2, -0.15) is 5.10 Å². The molecule has 0 spiro atoms. The predicted octanol–water partition coefficient (Wildman–Crippen LogP) is 3.23. The molecule has 1 atom stereocenters. The SMILES string of the molecule is C[C@H](Sc1ncn[nH]1)C(=O)Nc1cccc(Cl)c1Cl. The van der Waals surface area contributed by atoms with Crippen LogP contribution in [0.25, 0.3) is 0 Å². The van der Waals surface area contributed by atoms with Crippen molar-refractivity contribution in [1.82, 2.24) is 15.2 Å². The molecule has 8 heteroatoms. The summed E-state index contributed by atoms with van der Waals surface area (Å²) in [6, 6.07) is 5.07. The fourth-order valence-electron chi connectivity index (χ4n) is 1.31. The topological polar surface area (TPSA) is 70.7 Å². The van der Waals surface area contributed by atoms with Gasteiger partial charge in [0, 0.05) is 0 Å². The first kappa shape index (κ1) is 14.2. The Morgan fingerprint density at radius 1 is 1.47 bits per heavy atom. The maximum Gasteiger partial charge on any atom is 0.237 e. The third kappa shape index (κ3) is 3.62. The summed E-state index contributed by atoms with van der Waals surface area (Å²) in [6.45, 7) is 1.76. The van der Waals surface area contributed by atoms with E-state index in [1.54, 1.807) is 25.1 Å². The van der Waals surface area contributed by atoms with E-state index in [4.69, 9.17) is 23.2 Å². The number of nitrogens with one attached hydrogen (secondary N) is 2. The first-order chi connectivity index (χ1) is 9.08. The van der Waals surface area contributed by atoms with E-state index in [1.807, 2.05) is 0 Å². The van der Waals surface area contributed by atoms with Gasteiger partial charge < -0.3 is 5.32 Å². The van der Waals surface area contributed by atoms with Crippen molar-refractivity contribution in [3.05, 3.63) is 34.6 Å². The Labute approximate surface area is 124 Å². The molecule has 2 rings (SSSR count). The number of hydrogen-bond donors (Lipinski definition) is 2. The normalized spacial score (nSPS) is 12.2. The Morgan fingerprint density at radius 3 is 2.95 bits per heavy atom. The van der Waals surface area contributed by atoms with E-state index >= 15 is 0 Å². The number of benzene rings is 1. The zero-order chi connectivity index (χ0) is 13.8. The van der Waals surface area contributed by atoms with E-state index in [9.17, 15) is 4.79 Å². The van der Waals surface area contributed by atoms with Crippen molar-refractivity contribution >= 4 is 46.6 Å². The van der Waals surface area contributed by atoms with Gasteiger partial charge in [-0.05, 0) is 19.1 Å². The molecule has 0 aliphatic rings. The average Bonchev–Trinajstić information content (AvgIpc) is 2.87. The molecule has 0 saturated heterocycles. The fraction of sp³-hybridized carbons (Fsp3) is 0.182. The molecular weight excluding hydrogens is 307 g/mol. The number of carbonyl (C=O) groups is 1. The van der Waals surface area contributed by atoms with E-state index in [1.165, 1.54) is 18.1 Å². The van der Waals surface area contributed by atoms with Crippen LogP contribution >= 0.6 is 35.0 Å². The standard InChI is InChI=1S/C11H10Cl2N4OS/c1-6(19-11-14-5-15-17-11)10(18)16-8-4-2-3-7(12)9(8)13/h2-6H,1H3,(H,16,18)(H,14,15,17)/t6-/m0/s1. The van der Waals surface area contributed by atoms with Crippen LogP contribution in [0.3, 0.4) is 0 Å². The highest BCUT2D eigenvalue weighted by Crippen LogP contribution is 2.30. The molecule has 1 aromatic heterocycles. The van der Waals surface area contributed by atoms with E-state index in [0.29, 0.717) is 20.9 Å². The summed E-state index contributed by atoms with van der Waals surface area (Å²) in [5, 5.41) is 10.1. The van der Waals surface area contributed by atoms with E-state index in [-0.39, 0.29) is 11.2 Å². The summed E-state index contributed by atoms with van der Waals surface area (Å²) in [5.74, 6) is -0.189. The minimum atomic E-state index is -0.344. The van der Waals surface area contributed by atoms with Gasteiger partial charge >= 0.3 is 0 Å². The van der Waals surface area contributed by atoms with Crippen LogP contribution in [0.4, 0.5) is 5.69 Å². The summed E-state index contributed by atoms with van der Waals surface area (Å²) in [5.41, 5.74) is 0.490. The molecule has 0 unspecified atom stereocenters. The second-order valence-corrected chi connectivity index (χ2v) is 5.76. The maximum atomic E-state index is 12.0. The lowest BCUT2D eigenvalue weighted by atomic mass is 10.3. The first-order valence-electron chi connectivity index (χ1n) is 5.35. The van der Waals surface area contributed by atoms with Gasteiger partial charge in [0.25, 0.3) is 0 Å².